The van der Waals surface area contributed by atoms with Gasteiger partial charge in [0.05, 0.1) is 18.9 Å². The number of carbonyl (C=O) groups is 1. The van der Waals surface area contributed by atoms with Crippen molar-refractivity contribution in [2.45, 2.75) is 6.42 Å². The number of para-hydroxylation sites is 1. The fourth-order valence-corrected chi connectivity index (χ4v) is 2.54. The van der Waals surface area contributed by atoms with Gasteiger partial charge in [0.2, 0.25) is 5.91 Å². The summed E-state index contributed by atoms with van der Waals surface area (Å²) in [5.74, 6) is -0.00297. The Morgan fingerprint density at radius 3 is 2.71 bits per heavy atom. The zero-order valence-corrected chi connectivity index (χ0v) is 12.9. The molecule has 116 valence electrons. The van der Waals surface area contributed by atoms with Crippen LogP contribution in [0.4, 0.5) is 10.1 Å². The van der Waals surface area contributed by atoms with Crippen LogP contribution in [-0.4, -0.2) is 56.0 Å². The lowest BCUT2D eigenvalue weighted by atomic mass is 10.2. The largest absolute Gasteiger partial charge is 0.379 e. The van der Waals surface area contributed by atoms with Crippen molar-refractivity contribution < 1.29 is 13.9 Å². The van der Waals surface area contributed by atoms with E-state index in [4.69, 9.17) is 4.74 Å². The zero-order valence-electron chi connectivity index (χ0n) is 12.0. The summed E-state index contributed by atoms with van der Waals surface area (Å²) in [6.45, 7) is 4.33. The van der Waals surface area contributed by atoms with E-state index in [1.165, 1.54) is 11.0 Å². The minimum absolute atomic E-state index is 0.0941. The lowest BCUT2D eigenvalue weighted by Crippen LogP contribution is -2.43. The molecule has 0 unspecified atom stereocenters. The van der Waals surface area contributed by atoms with Crippen molar-refractivity contribution in [2.24, 2.45) is 0 Å². The monoisotopic (exact) mass is 312 g/mol. The third-order valence-corrected chi connectivity index (χ3v) is 3.74. The van der Waals surface area contributed by atoms with Crippen molar-refractivity contribution >= 4 is 24.2 Å². The maximum Gasteiger partial charge on any atom is 0.227 e. The van der Waals surface area contributed by atoms with E-state index in [1.807, 2.05) is 0 Å². The summed E-state index contributed by atoms with van der Waals surface area (Å²) in [5, 5.41) is 0. The molecule has 0 saturated carbocycles. The molecule has 0 radical (unpaired) electrons. The Hall–Kier alpha value is -1.11. The van der Waals surface area contributed by atoms with Gasteiger partial charge in [0.25, 0.3) is 0 Å². The number of benzene rings is 1. The van der Waals surface area contributed by atoms with E-state index >= 15 is 0 Å². The Bertz CT molecular complexity index is 467. The van der Waals surface area contributed by atoms with E-state index < -0.39 is 0 Å². The molecule has 1 aliphatic heterocycles. The number of thiol groups is 1. The van der Waals surface area contributed by atoms with E-state index in [1.54, 1.807) is 18.2 Å². The summed E-state index contributed by atoms with van der Waals surface area (Å²) in [5.41, 5.74) is 0.345. The molecule has 4 nitrogen and oxygen atoms in total. The predicted octanol–water partition coefficient (Wildman–Crippen LogP) is 1.81. The minimum Gasteiger partial charge on any atom is -0.379 e. The lowest BCUT2D eigenvalue weighted by molar-refractivity contribution is -0.118. The van der Waals surface area contributed by atoms with E-state index in [-0.39, 0.29) is 11.7 Å². The third-order valence-electron chi connectivity index (χ3n) is 3.51. The predicted molar refractivity (Wildman–Crippen MR) is 84.5 cm³/mol. The van der Waals surface area contributed by atoms with Crippen LogP contribution in [-0.2, 0) is 9.53 Å². The molecule has 1 fully saturated rings. The molecule has 0 aromatic heterocycles. The molecule has 2 rings (SSSR count). The van der Waals surface area contributed by atoms with Crippen LogP contribution in [0.1, 0.15) is 6.42 Å². The maximum absolute atomic E-state index is 14.0. The number of hydrogen-bond donors (Lipinski definition) is 1. The average Bonchev–Trinajstić information content (AvgIpc) is 2.50. The standard InChI is InChI=1S/C15H21FN2O2S/c16-13-3-1-2-4-14(13)18(15(19)5-12-21)7-6-17-8-10-20-11-9-17/h1-4,21H,5-12H2. The number of morpholine rings is 1. The van der Waals surface area contributed by atoms with Gasteiger partial charge in [0.15, 0.2) is 0 Å². The van der Waals surface area contributed by atoms with Crippen LogP contribution in [0, 0.1) is 5.82 Å². The van der Waals surface area contributed by atoms with Crippen LogP contribution in [0.5, 0.6) is 0 Å². The summed E-state index contributed by atoms with van der Waals surface area (Å²) in [6, 6.07) is 6.40. The number of anilines is 1. The van der Waals surface area contributed by atoms with E-state index in [2.05, 4.69) is 17.5 Å². The topological polar surface area (TPSA) is 32.8 Å². The van der Waals surface area contributed by atoms with Gasteiger partial charge >= 0.3 is 0 Å². The first-order valence-corrected chi connectivity index (χ1v) is 7.81. The zero-order chi connectivity index (χ0) is 15.1. The maximum atomic E-state index is 14.0. The Morgan fingerprint density at radius 1 is 1.33 bits per heavy atom. The molecule has 0 N–H and O–H groups in total. The van der Waals surface area contributed by atoms with Crippen LogP contribution in [0.25, 0.3) is 0 Å². The number of hydrogen-bond acceptors (Lipinski definition) is 4. The van der Waals surface area contributed by atoms with Gasteiger partial charge in [0, 0.05) is 32.6 Å². The highest BCUT2D eigenvalue weighted by Crippen LogP contribution is 2.19. The molecule has 21 heavy (non-hydrogen) atoms. The Balaban J connectivity index is 2.05. The summed E-state index contributed by atoms with van der Waals surface area (Å²) in [7, 11) is 0. The second kappa shape index (κ2) is 8.36. The Labute approximate surface area is 130 Å². The average molecular weight is 312 g/mol. The van der Waals surface area contributed by atoms with Crippen molar-refractivity contribution in [3.8, 4) is 0 Å². The Morgan fingerprint density at radius 2 is 2.05 bits per heavy atom. The van der Waals surface area contributed by atoms with Crippen molar-refractivity contribution in [3.05, 3.63) is 30.1 Å². The first kappa shape index (κ1) is 16.3. The van der Waals surface area contributed by atoms with Gasteiger partial charge in [0.1, 0.15) is 5.82 Å². The van der Waals surface area contributed by atoms with Crippen LogP contribution in [0.3, 0.4) is 0 Å². The van der Waals surface area contributed by atoms with Crippen molar-refractivity contribution in [1.82, 2.24) is 4.90 Å². The summed E-state index contributed by atoms with van der Waals surface area (Å²) in [4.78, 5) is 16.0. The molecular formula is C15H21FN2O2S. The second-order valence-corrected chi connectivity index (χ2v) is 5.37. The molecule has 1 aromatic carbocycles. The van der Waals surface area contributed by atoms with E-state index in [0.29, 0.717) is 37.6 Å². The van der Waals surface area contributed by atoms with E-state index in [0.717, 1.165) is 19.6 Å². The molecular weight excluding hydrogens is 291 g/mol. The van der Waals surface area contributed by atoms with Gasteiger partial charge in [-0.2, -0.15) is 12.6 Å². The van der Waals surface area contributed by atoms with Crippen molar-refractivity contribution in [2.75, 3.05) is 50.0 Å². The summed E-state index contributed by atoms with van der Waals surface area (Å²) >= 11 is 4.09. The number of ether oxygens (including phenoxy) is 1. The van der Waals surface area contributed by atoms with Crippen molar-refractivity contribution in [3.63, 3.8) is 0 Å². The van der Waals surface area contributed by atoms with Gasteiger partial charge in [-0.05, 0) is 17.9 Å². The molecule has 1 aliphatic rings. The SMILES string of the molecule is O=C(CCS)N(CCN1CCOCC1)c1ccccc1F. The highest BCUT2D eigenvalue weighted by molar-refractivity contribution is 7.80. The van der Waals surface area contributed by atoms with Gasteiger partial charge in [-0.15, -0.1) is 0 Å². The van der Waals surface area contributed by atoms with Crippen LogP contribution < -0.4 is 4.90 Å². The van der Waals surface area contributed by atoms with E-state index in [9.17, 15) is 9.18 Å². The lowest BCUT2D eigenvalue weighted by Gasteiger charge is -2.30. The number of amides is 1. The molecule has 0 bridgehead atoms. The number of rotatable bonds is 6. The summed E-state index contributed by atoms with van der Waals surface area (Å²) < 4.78 is 19.3. The van der Waals surface area contributed by atoms with Gasteiger partial charge in [-0.25, -0.2) is 4.39 Å². The van der Waals surface area contributed by atoms with Crippen molar-refractivity contribution in [1.29, 1.82) is 0 Å². The van der Waals surface area contributed by atoms with Crippen LogP contribution in [0.15, 0.2) is 24.3 Å². The van der Waals surface area contributed by atoms with Gasteiger partial charge in [-0.3, -0.25) is 9.69 Å². The first-order chi connectivity index (χ1) is 10.2. The molecule has 1 saturated heterocycles. The normalized spacial score (nSPS) is 15.9. The molecule has 6 heteroatoms. The molecule has 0 aliphatic carbocycles. The first-order valence-electron chi connectivity index (χ1n) is 7.18. The molecule has 0 spiro atoms. The fourth-order valence-electron chi connectivity index (χ4n) is 2.35. The third kappa shape index (κ3) is 4.69. The van der Waals surface area contributed by atoms with Gasteiger partial charge in [-0.1, -0.05) is 12.1 Å². The molecule has 0 atom stereocenters. The quantitative estimate of drug-likeness (QED) is 0.813. The second-order valence-electron chi connectivity index (χ2n) is 4.92. The minimum atomic E-state index is -0.369. The summed E-state index contributed by atoms with van der Waals surface area (Å²) in [6.07, 6.45) is 0.306. The number of halogens is 1. The highest BCUT2D eigenvalue weighted by Gasteiger charge is 2.20. The number of carbonyl (C=O) groups excluding carboxylic acids is 1. The van der Waals surface area contributed by atoms with Crippen LogP contribution >= 0.6 is 12.6 Å². The smallest absolute Gasteiger partial charge is 0.227 e. The number of nitrogens with zero attached hydrogens (tertiary/aromatic N) is 2. The Kier molecular flexibility index (Phi) is 6.48. The fraction of sp³-hybridized carbons (Fsp3) is 0.533. The molecule has 1 heterocycles. The van der Waals surface area contributed by atoms with Gasteiger partial charge < -0.3 is 9.64 Å². The molecule has 1 aromatic rings. The van der Waals surface area contributed by atoms with Crippen LogP contribution in [0.2, 0.25) is 0 Å². The molecule has 1 amide bonds. The highest BCUT2D eigenvalue weighted by atomic mass is 32.1.